The molecule has 3 rings (SSSR count). The summed E-state index contributed by atoms with van der Waals surface area (Å²) in [6.45, 7) is 4.47. The Labute approximate surface area is 184 Å². The van der Waals surface area contributed by atoms with E-state index in [0.717, 1.165) is 24.3 Å². The summed E-state index contributed by atoms with van der Waals surface area (Å²) in [6, 6.07) is 14.0. The molecule has 7 heteroatoms. The summed E-state index contributed by atoms with van der Waals surface area (Å²) >= 11 is 0. The number of benzene rings is 2. The third kappa shape index (κ3) is 5.76. The van der Waals surface area contributed by atoms with Gasteiger partial charge < -0.3 is 25.2 Å². The van der Waals surface area contributed by atoms with E-state index in [4.69, 9.17) is 4.74 Å². The Morgan fingerprint density at radius 2 is 1.74 bits per heavy atom. The summed E-state index contributed by atoms with van der Waals surface area (Å²) in [5.41, 5.74) is 3.76. The summed E-state index contributed by atoms with van der Waals surface area (Å²) in [6.07, 6.45) is 2.37. The van der Waals surface area contributed by atoms with Crippen LogP contribution in [0.5, 0.6) is 5.75 Å². The van der Waals surface area contributed by atoms with Crippen molar-refractivity contribution in [2.75, 3.05) is 51.1 Å². The number of nitrogens with zero attached hydrogens (tertiary/aromatic N) is 1. The maximum Gasteiger partial charge on any atom is 0.313 e. The highest BCUT2D eigenvalue weighted by atomic mass is 16.5. The lowest BCUT2D eigenvalue weighted by molar-refractivity contribution is -0.918. The highest BCUT2D eigenvalue weighted by molar-refractivity contribution is 6.39. The summed E-state index contributed by atoms with van der Waals surface area (Å²) in [4.78, 5) is 28.5. The molecule has 7 nitrogen and oxygen atoms in total. The van der Waals surface area contributed by atoms with Crippen molar-refractivity contribution in [3.8, 4) is 5.75 Å². The zero-order chi connectivity index (χ0) is 22.4. The number of hydrogen-bond donors (Lipinski definition) is 3. The van der Waals surface area contributed by atoms with Gasteiger partial charge in [0.2, 0.25) is 0 Å². The van der Waals surface area contributed by atoms with Crippen molar-refractivity contribution in [1.29, 1.82) is 0 Å². The second-order valence-corrected chi connectivity index (χ2v) is 8.27. The number of nitrogens with one attached hydrogen (secondary N) is 3. The maximum absolute atomic E-state index is 12.5. The van der Waals surface area contributed by atoms with E-state index < -0.39 is 11.8 Å². The van der Waals surface area contributed by atoms with E-state index in [1.54, 1.807) is 12.1 Å². The molecule has 0 aliphatic carbocycles. The average Bonchev–Trinajstić information content (AvgIpc) is 3.29. The smallest absolute Gasteiger partial charge is 0.313 e. The van der Waals surface area contributed by atoms with Crippen LogP contribution in [0.4, 0.5) is 11.4 Å². The summed E-state index contributed by atoms with van der Waals surface area (Å²) in [5, 5.41) is 5.51. The fourth-order valence-corrected chi connectivity index (χ4v) is 4.05. The lowest BCUT2D eigenvalue weighted by atomic mass is 10.0. The largest absolute Gasteiger partial charge is 0.495 e. The van der Waals surface area contributed by atoms with E-state index in [0.29, 0.717) is 18.0 Å². The minimum atomic E-state index is -0.693. The predicted octanol–water partition coefficient (Wildman–Crippen LogP) is 1.54. The van der Waals surface area contributed by atoms with Crippen LogP contribution in [0.15, 0.2) is 42.5 Å². The van der Waals surface area contributed by atoms with Crippen molar-refractivity contribution < 1.29 is 19.2 Å². The van der Waals surface area contributed by atoms with E-state index in [2.05, 4.69) is 39.8 Å². The van der Waals surface area contributed by atoms with Crippen molar-refractivity contribution >= 4 is 23.2 Å². The van der Waals surface area contributed by atoms with Crippen LogP contribution in [-0.4, -0.2) is 52.7 Å². The number of likely N-dealkylation sites (tertiary alicyclic amines) is 1. The maximum atomic E-state index is 12.5. The molecule has 1 fully saturated rings. The van der Waals surface area contributed by atoms with E-state index in [1.165, 1.54) is 30.4 Å². The number of anilines is 2. The predicted molar refractivity (Wildman–Crippen MR) is 123 cm³/mol. The van der Waals surface area contributed by atoms with Gasteiger partial charge in [-0.15, -0.1) is 0 Å². The van der Waals surface area contributed by atoms with E-state index in [1.807, 2.05) is 27.1 Å². The van der Waals surface area contributed by atoms with Gasteiger partial charge in [-0.3, -0.25) is 9.59 Å². The first-order chi connectivity index (χ1) is 14.9. The molecule has 1 heterocycles. The van der Waals surface area contributed by atoms with Gasteiger partial charge in [0.1, 0.15) is 11.8 Å². The van der Waals surface area contributed by atoms with Crippen LogP contribution < -0.4 is 25.2 Å². The van der Waals surface area contributed by atoms with E-state index in [-0.39, 0.29) is 6.04 Å². The number of carbonyl (C=O) groups excluding carboxylic acids is 2. The van der Waals surface area contributed by atoms with Crippen molar-refractivity contribution in [3.05, 3.63) is 53.6 Å². The van der Waals surface area contributed by atoms with Gasteiger partial charge in [0.15, 0.2) is 0 Å². The van der Waals surface area contributed by atoms with Gasteiger partial charge in [0, 0.05) is 38.2 Å². The molecule has 0 bridgehead atoms. The quantitative estimate of drug-likeness (QED) is 0.589. The number of ether oxygens (including phenoxy) is 1. The molecule has 1 atom stereocenters. The standard InChI is InChI=1S/C24H32N4O3/c1-17-7-12-22(31-4)20(15-17)26-24(30)23(29)25-16-21(28-13-5-6-14-28)18-8-10-19(11-9-18)27(2)3/h7-12,15,21H,5-6,13-14,16H2,1-4H3,(H,25,29)(H,26,30)/p+1/t21-/m1/s1. The Kier molecular flexibility index (Phi) is 7.52. The number of aryl methyl sites for hydroxylation is 1. The van der Waals surface area contributed by atoms with Gasteiger partial charge >= 0.3 is 11.8 Å². The Bertz CT molecular complexity index is 906. The lowest BCUT2D eigenvalue weighted by Gasteiger charge is -2.25. The van der Waals surface area contributed by atoms with E-state index >= 15 is 0 Å². The molecule has 166 valence electrons. The minimum Gasteiger partial charge on any atom is -0.495 e. The fourth-order valence-electron chi connectivity index (χ4n) is 4.05. The third-order valence-corrected chi connectivity index (χ3v) is 5.83. The zero-order valence-electron chi connectivity index (χ0n) is 18.8. The number of hydrogen-bond acceptors (Lipinski definition) is 4. The molecule has 3 N–H and O–H groups in total. The lowest BCUT2D eigenvalue weighted by Crippen LogP contribution is -3.11. The SMILES string of the molecule is COc1ccc(C)cc1NC(=O)C(=O)NC[C@H](c1ccc(N(C)C)cc1)[NH+]1CCCC1. The van der Waals surface area contributed by atoms with Crippen LogP contribution in [-0.2, 0) is 9.59 Å². The molecule has 0 spiro atoms. The Hall–Kier alpha value is -3.06. The minimum absolute atomic E-state index is 0.115. The van der Waals surface area contributed by atoms with Crippen molar-refractivity contribution in [1.82, 2.24) is 5.32 Å². The first-order valence-corrected chi connectivity index (χ1v) is 10.7. The summed E-state index contributed by atoms with van der Waals surface area (Å²) in [5.74, 6) is -0.814. The molecule has 0 saturated carbocycles. The Balaban J connectivity index is 1.67. The summed E-state index contributed by atoms with van der Waals surface area (Å²) in [7, 11) is 5.56. The number of carbonyl (C=O) groups is 2. The molecule has 2 aromatic rings. The normalized spacial score (nSPS) is 14.7. The molecule has 1 saturated heterocycles. The number of methoxy groups -OCH3 is 1. The van der Waals surface area contributed by atoms with Crippen LogP contribution in [0.3, 0.4) is 0 Å². The van der Waals surface area contributed by atoms with Crippen LogP contribution in [0.25, 0.3) is 0 Å². The van der Waals surface area contributed by atoms with Gasteiger partial charge in [0.25, 0.3) is 0 Å². The molecule has 1 aliphatic heterocycles. The van der Waals surface area contributed by atoms with Crippen molar-refractivity contribution in [2.45, 2.75) is 25.8 Å². The van der Waals surface area contributed by atoms with Crippen LogP contribution >= 0.6 is 0 Å². The molecule has 2 aromatic carbocycles. The molecule has 1 aliphatic rings. The van der Waals surface area contributed by atoms with Gasteiger partial charge in [-0.2, -0.15) is 0 Å². The molecule has 0 unspecified atom stereocenters. The van der Waals surface area contributed by atoms with Gasteiger partial charge in [-0.25, -0.2) is 0 Å². The number of rotatable bonds is 7. The zero-order valence-corrected chi connectivity index (χ0v) is 18.8. The first-order valence-electron chi connectivity index (χ1n) is 10.7. The topological polar surface area (TPSA) is 75.1 Å². The first kappa shape index (κ1) is 22.6. The van der Waals surface area contributed by atoms with Crippen molar-refractivity contribution in [2.24, 2.45) is 0 Å². The molecule has 0 radical (unpaired) electrons. The Morgan fingerprint density at radius 3 is 2.35 bits per heavy atom. The average molecular weight is 426 g/mol. The summed E-state index contributed by atoms with van der Waals surface area (Å²) < 4.78 is 5.28. The van der Waals surface area contributed by atoms with Crippen LogP contribution in [0.2, 0.25) is 0 Å². The number of amides is 2. The second-order valence-electron chi connectivity index (χ2n) is 8.27. The molecule has 31 heavy (non-hydrogen) atoms. The number of quaternary nitrogens is 1. The molecule has 0 aromatic heterocycles. The Morgan fingerprint density at radius 1 is 1.06 bits per heavy atom. The highest BCUT2D eigenvalue weighted by Gasteiger charge is 2.28. The van der Waals surface area contributed by atoms with Crippen LogP contribution in [0, 0.1) is 6.92 Å². The van der Waals surface area contributed by atoms with Gasteiger partial charge in [0.05, 0.1) is 32.4 Å². The van der Waals surface area contributed by atoms with Crippen LogP contribution in [0.1, 0.15) is 30.0 Å². The van der Waals surface area contributed by atoms with Gasteiger partial charge in [-0.05, 0) is 36.8 Å². The second kappa shape index (κ2) is 10.3. The fraction of sp³-hybridized carbons (Fsp3) is 0.417. The van der Waals surface area contributed by atoms with Gasteiger partial charge in [-0.1, -0.05) is 18.2 Å². The molecule has 2 amide bonds. The highest BCUT2D eigenvalue weighted by Crippen LogP contribution is 2.25. The van der Waals surface area contributed by atoms with Crippen molar-refractivity contribution in [3.63, 3.8) is 0 Å². The monoisotopic (exact) mass is 425 g/mol. The third-order valence-electron chi connectivity index (χ3n) is 5.83. The molecular formula is C24H33N4O3+. The molecular weight excluding hydrogens is 392 g/mol. The van der Waals surface area contributed by atoms with E-state index in [9.17, 15) is 9.59 Å².